The first kappa shape index (κ1) is 14.1. The molecule has 102 valence electrons. The first-order valence-electron chi connectivity index (χ1n) is 6.33. The summed E-state index contributed by atoms with van der Waals surface area (Å²) in [5.41, 5.74) is 2.36. The number of carbonyl (C=O) groups is 1. The lowest BCUT2D eigenvalue weighted by atomic mass is 9.93. The van der Waals surface area contributed by atoms with E-state index in [9.17, 15) is 4.79 Å². The molecule has 19 heavy (non-hydrogen) atoms. The molecular formula is C15H18BrNO2. The number of aliphatic carboxylic acids is 1. The highest BCUT2D eigenvalue weighted by molar-refractivity contribution is 9.10. The standard InChI is InChI=1S/C15H18BrNO2/c1-15(2)7-8-17(10-15)13-9-12(16)5-3-11(13)4-6-14(18)19/h3-6,9H,7-8,10H2,1-2H3,(H,18,19). The van der Waals surface area contributed by atoms with Gasteiger partial charge in [0, 0.05) is 29.3 Å². The molecule has 1 heterocycles. The maximum atomic E-state index is 10.7. The van der Waals surface area contributed by atoms with Gasteiger partial charge in [-0.25, -0.2) is 4.79 Å². The Hall–Kier alpha value is -1.29. The van der Waals surface area contributed by atoms with Crippen LogP contribution in [-0.4, -0.2) is 24.2 Å². The van der Waals surface area contributed by atoms with Crippen LogP contribution in [0.3, 0.4) is 0 Å². The van der Waals surface area contributed by atoms with Crippen molar-refractivity contribution in [3.05, 3.63) is 34.3 Å². The van der Waals surface area contributed by atoms with Gasteiger partial charge in [-0.15, -0.1) is 0 Å². The van der Waals surface area contributed by atoms with Gasteiger partial charge in [0.15, 0.2) is 0 Å². The number of carboxylic acids is 1. The van der Waals surface area contributed by atoms with Crippen LogP contribution < -0.4 is 4.90 Å². The number of anilines is 1. The van der Waals surface area contributed by atoms with Gasteiger partial charge in [0.2, 0.25) is 0 Å². The first-order chi connectivity index (χ1) is 8.87. The number of benzene rings is 1. The van der Waals surface area contributed by atoms with Crippen molar-refractivity contribution in [1.82, 2.24) is 0 Å². The van der Waals surface area contributed by atoms with Gasteiger partial charge in [-0.1, -0.05) is 35.8 Å². The van der Waals surface area contributed by atoms with E-state index in [1.165, 1.54) is 6.08 Å². The zero-order valence-electron chi connectivity index (χ0n) is 11.2. The zero-order chi connectivity index (χ0) is 14.0. The molecule has 1 saturated heterocycles. The van der Waals surface area contributed by atoms with Gasteiger partial charge >= 0.3 is 5.97 Å². The van der Waals surface area contributed by atoms with Crippen LogP contribution >= 0.6 is 15.9 Å². The first-order valence-corrected chi connectivity index (χ1v) is 7.12. The molecule has 0 saturated carbocycles. The summed E-state index contributed by atoms with van der Waals surface area (Å²) in [5.74, 6) is -0.921. The molecule has 1 aromatic rings. The van der Waals surface area contributed by atoms with Crippen LogP contribution in [0.5, 0.6) is 0 Å². The Morgan fingerprint density at radius 3 is 2.79 bits per heavy atom. The van der Waals surface area contributed by atoms with E-state index >= 15 is 0 Å². The lowest BCUT2D eigenvalue weighted by molar-refractivity contribution is -0.131. The molecule has 0 bridgehead atoms. The molecule has 0 amide bonds. The van der Waals surface area contributed by atoms with Crippen LogP contribution in [0.4, 0.5) is 5.69 Å². The predicted octanol–water partition coefficient (Wildman–Crippen LogP) is 3.78. The predicted molar refractivity (Wildman–Crippen MR) is 81.4 cm³/mol. The Kier molecular flexibility index (Phi) is 3.99. The molecule has 0 aromatic heterocycles. The largest absolute Gasteiger partial charge is 0.478 e. The molecule has 0 aliphatic carbocycles. The highest BCUT2D eigenvalue weighted by Crippen LogP contribution is 2.35. The molecule has 0 spiro atoms. The molecule has 3 nitrogen and oxygen atoms in total. The van der Waals surface area contributed by atoms with Gasteiger partial charge < -0.3 is 10.0 Å². The maximum Gasteiger partial charge on any atom is 0.328 e. The third-order valence-corrected chi connectivity index (χ3v) is 3.91. The summed E-state index contributed by atoms with van der Waals surface area (Å²) >= 11 is 3.48. The number of halogens is 1. The van der Waals surface area contributed by atoms with Crippen molar-refractivity contribution in [2.75, 3.05) is 18.0 Å². The summed E-state index contributed by atoms with van der Waals surface area (Å²) in [7, 11) is 0. The molecule has 4 heteroatoms. The second-order valence-electron chi connectivity index (χ2n) is 5.71. The number of carboxylic acid groups (broad SMARTS) is 1. The minimum atomic E-state index is -0.921. The molecule has 0 radical (unpaired) electrons. The highest BCUT2D eigenvalue weighted by atomic mass is 79.9. The Bertz CT molecular complexity index is 523. The van der Waals surface area contributed by atoms with Crippen LogP contribution in [0, 0.1) is 5.41 Å². The molecular weight excluding hydrogens is 306 g/mol. The fourth-order valence-electron chi connectivity index (χ4n) is 2.41. The van der Waals surface area contributed by atoms with E-state index in [2.05, 4.69) is 40.7 Å². The highest BCUT2D eigenvalue weighted by Gasteiger charge is 2.30. The van der Waals surface area contributed by atoms with Crippen LogP contribution in [0.1, 0.15) is 25.8 Å². The maximum absolute atomic E-state index is 10.7. The fourth-order valence-corrected chi connectivity index (χ4v) is 2.76. The monoisotopic (exact) mass is 323 g/mol. The fraction of sp³-hybridized carbons (Fsp3) is 0.400. The van der Waals surface area contributed by atoms with E-state index in [4.69, 9.17) is 5.11 Å². The molecule has 0 atom stereocenters. The SMILES string of the molecule is CC1(C)CCN(c2cc(Br)ccc2C=CC(=O)O)C1. The van der Waals surface area contributed by atoms with Crippen molar-refractivity contribution >= 4 is 33.7 Å². The van der Waals surface area contributed by atoms with Gasteiger partial charge in [0.05, 0.1) is 0 Å². The Balaban J connectivity index is 2.33. The topological polar surface area (TPSA) is 40.5 Å². The average molecular weight is 324 g/mol. The van der Waals surface area contributed by atoms with Gasteiger partial charge in [-0.3, -0.25) is 0 Å². The van der Waals surface area contributed by atoms with E-state index in [0.717, 1.165) is 35.2 Å². The minimum Gasteiger partial charge on any atom is -0.478 e. The van der Waals surface area contributed by atoms with Crippen molar-refractivity contribution in [3.63, 3.8) is 0 Å². The summed E-state index contributed by atoms with van der Waals surface area (Å²) in [6.07, 6.45) is 4.00. The van der Waals surface area contributed by atoms with Gasteiger partial charge in [0.25, 0.3) is 0 Å². The Morgan fingerprint density at radius 1 is 1.47 bits per heavy atom. The van der Waals surface area contributed by atoms with Crippen LogP contribution in [0.2, 0.25) is 0 Å². The number of rotatable bonds is 3. The van der Waals surface area contributed by atoms with E-state index < -0.39 is 5.97 Å². The van der Waals surface area contributed by atoms with Gasteiger partial charge in [-0.05, 0) is 35.6 Å². The van der Waals surface area contributed by atoms with Gasteiger partial charge in [-0.2, -0.15) is 0 Å². The lowest BCUT2D eigenvalue weighted by Gasteiger charge is -2.23. The number of hydrogen-bond donors (Lipinski definition) is 1. The smallest absolute Gasteiger partial charge is 0.328 e. The van der Waals surface area contributed by atoms with Crippen LogP contribution in [0.25, 0.3) is 6.08 Å². The van der Waals surface area contributed by atoms with E-state index in [1.54, 1.807) is 6.08 Å². The second kappa shape index (κ2) is 5.37. The number of nitrogens with zero attached hydrogens (tertiary/aromatic N) is 1. The number of hydrogen-bond acceptors (Lipinski definition) is 2. The quantitative estimate of drug-likeness (QED) is 0.860. The van der Waals surface area contributed by atoms with E-state index in [1.807, 2.05) is 12.1 Å². The minimum absolute atomic E-state index is 0.316. The molecule has 1 aromatic carbocycles. The molecule has 1 fully saturated rings. The van der Waals surface area contributed by atoms with E-state index in [-0.39, 0.29) is 0 Å². The summed E-state index contributed by atoms with van der Waals surface area (Å²) in [4.78, 5) is 13.0. The Labute approximate surface area is 122 Å². The van der Waals surface area contributed by atoms with Crippen molar-refractivity contribution in [1.29, 1.82) is 0 Å². The average Bonchev–Trinajstić information content (AvgIpc) is 2.68. The van der Waals surface area contributed by atoms with Crippen molar-refractivity contribution in [2.45, 2.75) is 20.3 Å². The van der Waals surface area contributed by atoms with E-state index in [0.29, 0.717) is 5.41 Å². The van der Waals surface area contributed by atoms with Crippen LogP contribution in [-0.2, 0) is 4.79 Å². The zero-order valence-corrected chi connectivity index (χ0v) is 12.8. The summed E-state index contributed by atoms with van der Waals surface area (Å²) in [6.45, 7) is 6.53. The van der Waals surface area contributed by atoms with Crippen molar-refractivity contribution in [2.24, 2.45) is 5.41 Å². The van der Waals surface area contributed by atoms with Crippen molar-refractivity contribution in [3.8, 4) is 0 Å². The van der Waals surface area contributed by atoms with Gasteiger partial charge in [0.1, 0.15) is 0 Å². The normalized spacial score (nSPS) is 18.2. The van der Waals surface area contributed by atoms with Crippen molar-refractivity contribution < 1.29 is 9.90 Å². The summed E-state index contributed by atoms with van der Waals surface area (Å²) in [5, 5.41) is 8.76. The van der Waals surface area contributed by atoms with Crippen LogP contribution in [0.15, 0.2) is 28.7 Å². The lowest BCUT2D eigenvalue weighted by Crippen LogP contribution is -2.23. The molecule has 1 N–H and O–H groups in total. The summed E-state index contributed by atoms with van der Waals surface area (Å²) in [6, 6.07) is 5.94. The third kappa shape index (κ3) is 3.60. The second-order valence-corrected chi connectivity index (χ2v) is 6.63. The molecule has 2 rings (SSSR count). The molecule has 1 aliphatic rings. The summed E-state index contributed by atoms with van der Waals surface area (Å²) < 4.78 is 1.01. The Morgan fingerprint density at radius 2 is 2.21 bits per heavy atom. The molecule has 1 aliphatic heterocycles. The molecule has 0 unspecified atom stereocenters. The third-order valence-electron chi connectivity index (χ3n) is 3.42.